The molecule has 0 saturated heterocycles. The van der Waals surface area contributed by atoms with Gasteiger partial charge in [-0.15, -0.1) is 0 Å². The van der Waals surface area contributed by atoms with Crippen LogP contribution in [0, 0.1) is 0 Å². The molecule has 0 aliphatic heterocycles. The van der Waals surface area contributed by atoms with Crippen LogP contribution < -0.4 is 14.2 Å². The van der Waals surface area contributed by atoms with Crippen molar-refractivity contribution in [3.8, 4) is 11.5 Å². The van der Waals surface area contributed by atoms with Crippen LogP contribution in [0.4, 0.5) is 0 Å². The Morgan fingerprint density at radius 1 is 1.19 bits per heavy atom. The lowest BCUT2D eigenvalue weighted by Crippen LogP contribution is -2.21. The molecule has 0 amide bonds. The fourth-order valence-electron chi connectivity index (χ4n) is 1.31. The third-order valence-electron chi connectivity index (χ3n) is 2.04. The minimum atomic E-state index is -3.23. The predicted molar refractivity (Wildman–Crippen MR) is 61.2 cm³/mol. The van der Waals surface area contributed by atoms with E-state index in [4.69, 9.17) is 9.47 Å². The first-order valence-electron chi connectivity index (χ1n) is 4.62. The number of sulfonamides is 1. The zero-order valence-electron chi connectivity index (χ0n) is 9.48. The molecule has 90 valence electrons. The van der Waals surface area contributed by atoms with Crippen LogP contribution >= 0.6 is 0 Å². The van der Waals surface area contributed by atoms with Crippen molar-refractivity contribution < 1.29 is 17.9 Å². The summed E-state index contributed by atoms with van der Waals surface area (Å²) in [5.41, 5.74) is 0.679. The highest BCUT2D eigenvalue weighted by Gasteiger charge is 2.11. The number of hydrogen-bond acceptors (Lipinski definition) is 4. The Morgan fingerprint density at radius 2 is 1.69 bits per heavy atom. The molecule has 0 aliphatic rings. The monoisotopic (exact) mass is 245 g/mol. The molecule has 0 spiro atoms. The Bertz CT molecular complexity index is 434. The quantitative estimate of drug-likeness (QED) is 0.831. The smallest absolute Gasteiger partial charge is 0.209 e. The Hall–Kier alpha value is -1.27. The molecule has 1 N–H and O–H groups in total. The van der Waals surface area contributed by atoms with E-state index in [2.05, 4.69) is 4.72 Å². The standard InChI is InChI=1S/C10H15NO4S/c1-14-9-5-4-6-10(15-2)8(9)7-11-16(3,12)13/h4-6,11H,7H2,1-3H3. The lowest BCUT2D eigenvalue weighted by molar-refractivity contribution is 0.384. The Labute approximate surface area is 95.4 Å². The number of hydrogen-bond donors (Lipinski definition) is 1. The van der Waals surface area contributed by atoms with Gasteiger partial charge in [0.2, 0.25) is 10.0 Å². The van der Waals surface area contributed by atoms with Gasteiger partial charge in [-0.3, -0.25) is 0 Å². The second-order valence-corrected chi connectivity index (χ2v) is 5.07. The van der Waals surface area contributed by atoms with Crippen molar-refractivity contribution in [2.45, 2.75) is 6.54 Å². The van der Waals surface area contributed by atoms with Gasteiger partial charge < -0.3 is 9.47 Å². The van der Waals surface area contributed by atoms with E-state index in [9.17, 15) is 8.42 Å². The van der Waals surface area contributed by atoms with Crippen molar-refractivity contribution in [3.05, 3.63) is 23.8 Å². The van der Waals surface area contributed by atoms with Gasteiger partial charge in [0.1, 0.15) is 11.5 Å². The van der Waals surface area contributed by atoms with Crippen LogP contribution in [0.15, 0.2) is 18.2 Å². The molecule has 0 heterocycles. The van der Waals surface area contributed by atoms with Gasteiger partial charge in [0, 0.05) is 6.54 Å². The fraction of sp³-hybridized carbons (Fsp3) is 0.400. The maximum absolute atomic E-state index is 11.0. The summed E-state index contributed by atoms with van der Waals surface area (Å²) in [4.78, 5) is 0. The minimum absolute atomic E-state index is 0.145. The molecule has 0 bridgehead atoms. The summed E-state index contributed by atoms with van der Waals surface area (Å²) in [7, 11) is -0.180. The van der Waals surface area contributed by atoms with E-state index in [1.807, 2.05) is 0 Å². The van der Waals surface area contributed by atoms with Gasteiger partial charge >= 0.3 is 0 Å². The first-order chi connectivity index (χ1) is 7.48. The normalized spacial score (nSPS) is 11.2. The summed E-state index contributed by atoms with van der Waals surface area (Å²) in [6.45, 7) is 0.145. The fourth-order valence-corrected chi connectivity index (χ4v) is 1.71. The lowest BCUT2D eigenvalue weighted by Gasteiger charge is -2.12. The molecular formula is C10H15NO4S. The summed E-state index contributed by atoms with van der Waals surface area (Å²) in [6, 6.07) is 5.28. The molecule has 0 atom stereocenters. The van der Waals surface area contributed by atoms with Gasteiger partial charge in [0.15, 0.2) is 0 Å². The van der Waals surface area contributed by atoms with Gasteiger partial charge in [-0.05, 0) is 12.1 Å². The van der Waals surface area contributed by atoms with E-state index in [0.29, 0.717) is 17.1 Å². The summed E-state index contributed by atoms with van der Waals surface area (Å²) in [6.07, 6.45) is 1.11. The highest BCUT2D eigenvalue weighted by Crippen LogP contribution is 2.27. The van der Waals surface area contributed by atoms with Crippen molar-refractivity contribution in [1.29, 1.82) is 0 Å². The van der Waals surface area contributed by atoms with Crippen LogP contribution in [0.25, 0.3) is 0 Å². The Morgan fingerprint density at radius 3 is 2.06 bits per heavy atom. The third kappa shape index (κ3) is 3.39. The number of methoxy groups -OCH3 is 2. The summed E-state index contributed by atoms with van der Waals surface area (Å²) in [5, 5.41) is 0. The first kappa shape index (κ1) is 12.8. The molecule has 0 aromatic heterocycles. The molecule has 0 aliphatic carbocycles. The first-order valence-corrected chi connectivity index (χ1v) is 6.51. The Kier molecular flexibility index (Phi) is 4.14. The van der Waals surface area contributed by atoms with Crippen molar-refractivity contribution in [3.63, 3.8) is 0 Å². The van der Waals surface area contributed by atoms with Crippen LogP contribution in [-0.2, 0) is 16.6 Å². The van der Waals surface area contributed by atoms with E-state index in [-0.39, 0.29) is 6.54 Å². The highest BCUT2D eigenvalue weighted by molar-refractivity contribution is 7.88. The van der Waals surface area contributed by atoms with Crippen LogP contribution in [0.1, 0.15) is 5.56 Å². The summed E-state index contributed by atoms with van der Waals surface area (Å²) < 4.78 is 34.7. The molecule has 1 rings (SSSR count). The molecule has 0 radical (unpaired) electrons. The van der Waals surface area contributed by atoms with Gasteiger partial charge in [-0.2, -0.15) is 0 Å². The Balaban J connectivity index is 3.00. The van der Waals surface area contributed by atoms with Crippen LogP contribution in [0.5, 0.6) is 11.5 Å². The topological polar surface area (TPSA) is 64.6 Å². The van der Waals surface area contributed by atoms with Crippen molar-refractivity contribution in [2.24, 2.45) is 0 Å². The number of benzene rings is 1. The second kappa shape index (κ2) is 5.18. The summed E-state index contributed by atoms with van der Waals surface area (Å²) >= 11 is 0. The largest absolute Gasteiger partial charge is 0.496 e. The average Bonchev–Trinajstić information content (AvgIpc) is 2.24. The molecule has 5 nitrogen and oxygen atoms in total. The van der Waals surface area contributed by atoms with Crippen molar-refractivity contribution in [1.82, 2.24) is 4.72 Å². The highest BCUT2D eigenvalue weighted by atomic mass is 32.2. The van der Waals surface area contributed by atoms with E-state index < -0.39 is 10.0 Å². The predicted octanol–water partition coefficient (Wildman–Crippen LogP) is 0.753. The van der Waals surface area contributed by atoms with Crippen LogP contribution in [0.2, 0.25) is 0 Å². The molecule has 1 aromatic carbocycles. The summed E-state index contributed by atoms with van der Waals surface area (Å²) in [5.74, 6) is 1.19. The van der Waals surface area contributed by atoms with E-state index in [1.165, 1.54) is 14.2 Å². The minimum Gasteiger partial charge on any atom is -0.496 e. The molecule has 0 fully saturated rings. The van der Waals surface area contributed by atoms with Gasteiger partial charge in [0.05, 0.1) is 26.0 Å². The molecule has 0 saturated carbocycles. The lowest BCUT2D eigenvalue weighted by atomic mass is 10.2. The van der Waals surface area contributed by atoms with Gasteiger partial charge in [0.25, 0.3) is 0 Å². The molecule has 6 heteroatoms. The van der Waals surface area contributed by atoms with E-state index in [1.54, 1.807) is 18.2 Å². The van der Waals surface area contributed by atoms with E-state index in [0.717, 1.165) is 6.26 Å². The average molecular weight is 245 g/mol. The van der Waals surface area contributed by atoms with Gasteiger partial charge in [-0.1, -0.05) is 6.07 Å². The molecular weight excluding hydrogens is 230 g/mol. The van der Waals surface area contributed by atoms with Crippen molar-refractivity contribution >= 4 is 10.0 Å². The molecule has 0 unspecified atom stereocenters. The van der Waals surface area contributed by atoms with Gasteiger partial charge in [-0.25, -0.2) is 13.1 Å². The zero-order chi connectivity index (χ0) is 12.2. The molecule has 1 aromatic rings. The third-order valence-corrected chi connectivity index (χ3v) is 2.71. The zero-order valence-corrected chi connectivity index (χ0v) is 10.3. The maximum atomic E-state index is 11.0. The van der Waals surface area contributed by atoms with Crippen LogP contribution in [-0.4, -0.2) is 28.9 Å². The van der Waals surface area contributed by atoms with Crippen LogP contribution in [0.3, 0.4) is 0 Å². The maximum Gasteiger partial charge on any atom is 0.209 e. The molecule has 16 heavy (non-hydrogen) atoms. The SMILES string of the molecule is COc1cccc(OC)c1CNS(C)(=O)=O. The number of nitrogens with one attached hydrogen (secondary N) is 1. The number of ether oxygens (including phenoxy) is 2. The number of rotatable bonds is 5. The van der Waals surface area contributed by atoms with Crippen molar-refractivity contribution in [2.75, 3.05) is 20.5 Å². The van der Waals surface area contributed by atoms with E-state index >= 15 is 0 Å². The second-order valence-electron chi connectivity index (χ2n) is 3.23.